The molecule has 0 unspecified atom stereocenters. The molecular formula is C16H18ClFN2O2S. The van der Waals surface area contributed by atoms with Crippen molar-refractivity contribution >= 4 is 27.3 Å². The number of hydrogen-bond donors (Lipinski definition) is 1. The van der Waals surface area contributed by atoms with Gasteiger partial charge in [-0.1, -0.05) is 35.9 Å². The molecule has 0 amide bonds. The van der Waals surface area contributed by atoms with Crippen LogP contribution in [0.3, 0.4) is 0 Å². The monoisotopic (exact) mass is 356 g/mol. The molecule has 0 bridgehead atoms. The predicted octanol–water partition coefficient (Wildman–Crippen LogP) is 3.03. The van der Waals surface area contributed by atoms with Crippen LogP contribution >= 0.6 is 11.6 Å². The number of nitrogens with zero attached hydrogens (tertiary/aromatic N) is 1. The second-order valence-corrected chi connectivity index (χ2v) is 7.32. The standard InChI is InChI=1S/C16H18ClFN2O2S/c1-20(13-6-3-2-4-7-13)11-10-19-23(21,22)12-14-15(17)8-5-9-16(14)18/h2-9,19H,10-12H2,1H3. The van der Waals surface area contributed by atoms with E-state index >= 15 is 0 Å². The molecule has 23 heavy (non-hydrogen) atoms. The number of anilines is 1. The Hall–Kier alpha value is -1.63. The van der Waals surface area contributed by atoms with Crippen molar-refractivity contribution in [3.05, 3.63) is 64.9 Å². The predicted molar refractivity (Wildman–Crippen MR) is 91.7 cm³/mol. The molecule has 0 aliphatic carbocycles. The molecule has 124 valence electrons. The first-order valence-corrected chi connectivity index (χ1v) is 9.08. The van der Waals surface area contributed by atoms with E-state index in [1.165, 1.54) is 18.2 Å². The molecule has 0 aromatic heterocycles. The molecule has 0 aliphatic heterocycles. The number of para-hydroxylation sites is 1. The zero-order chi connectivity index (χ0) is 16.9. The molecular weight excluding hydrogens is 339 g/mol. The van der Waals surface area contributed by atoms with Crippen LogP contribution in [0.4, 0.5) is 10.1 Å². The van der Waals surface area contributed by atoms with Crippen molar-refractivity contribution in [1.29, 1.82) is 0 Å². The van der Waals surface area contributed by atoms with E-state index in [2.05, 4.69) is 4.72 Å². The topological polar surface area (TPSA) is 49.4 Å². The maximum atomic E-state index is 13.7. The smallest absolute Gasteiger partial charge is 0.216 e. The van der Waals surface area contributed by atoms with Crippen LogP contribution in [0, 0.1) is 5.82 Å². The third kappa shape index (κ3) is 5.20. The Morgan fingerprint density at radius 3 is 2.48 bits per heavy atom. The lowest BCUT2D eigenvalue weighted by Gasteiger charge is -2.19. The van der Waals surface area contributed by atoms with Crippen molar-refractivity contribution in [3.8, 4) is 0 Å². The van der Waals surface area contributed by atoms with E-state index in [0.29, 0.717) is 6.54 Å². The Bertz CT molecular complexity index is 734. The molecule has 0 radical (unpaired) electrons. The molecule has 0 saturated heterocycles. The second-order valence-electron chi connectivity index (χ2n) is 5.11. The minimum absolute atomic E-state index is 0.0157. The van der Waals surface area contributed by atoms with E-state index in [4.69, 9.17) is 11.6 Å². The SMILES string of the molecule is CN(CCNS(=O)(=O)Cc1c(F)cccc1Cl)c1ccccc1. The lowest BCUT2D eigenvalue weighted by molar-refractivity contribution is 0.574. The van der Waals surface area contributed by atoms with Gasteiger partial charge in [-0.3, -0.25) is 0 Å². The van der Waals surface area contributed by atoms with Crippen LogP contribution < -0.4 is 9.62 Å². The summed E-state index contributed by atoms with van der Waals surface area (Å²) in [5.41, 5.74) is 0.974. The first-order chi connectivity index (χ1) is 10.9. The zero-order valence-corrected chi connectivity index (χ0v) is 14.2. The van der Waals surface area contributed by atoms with Crippen LogP contribution in [0.15, 0.2) is 48.5 Å². The minimum atomic E-state index is -3.66. The van der Waals surface area contributed by atoms with Crippen molar-refractivity contribution in [2.45, 2.75) is 5.75 Å². The summed E-state index contributed by atoms with van der Waals surface area (Å²) in [6.07, 6.45) is 0. The highest BCUT2D eigenvalue weighted by Crippen LogP contribution is 2.21. The highest BCUT2D eigenvalue weighted by molar-refractivity contribution is 7.88. The number of hydrogen-bond acceptors (Lipinski definition) is 3. The van der Waals surface area contributed by atoms with Crippen molar-refractivity contribution < 1.29 is 12.8 Å². The Balaban J connectivity index is 1.92. The molecule has 0 saturated carbocycles. The number of sulfonamides is 1. The van der Waals surface area contributed by atoms with Gasteiger partial charge in [-0.25, -0.2) is 17.5 Å². The highest BCUT2D eigenvalue weighted by atomic mass is 35.5. The van der Waals surface area contributed by atoms with Crippen LogP contribution in [0.5, 0.6) is 0 Å². The van der Waals surface area contributed by atoms with Gasteiger partial charge in [-0.15, -0.1) is 0 Å². The Labute approximate surface area is 140 Å². The Morgan fingerprint density at radius 2 is 1.83 bits per heavy atom. The summed E-state index contributed by atoms with van der Waals surface area (Å²) in [6.45, 7) is 0.716. The minimum Gasteiger partial charge on any atom is -0.373 e. The van der Waals surface area contributed by atoms with E-state index in [9.17, 15) is 12.8 Å². The van der Waals surface area contributed by atoms with Crippen molar-refractivity contribution in [2.24, 2.45) is 0 Å². The molecule has 0 fully saturated rings. The summed E-state index contributed by atoms with van der Waals surface area (Å²) in [7, 11) is -1.79. The molecule has 0 spiro atoms. The maximum absolute atomic E-state index is 13.7. The summed E-state index contributed by atoms with van der Waals surface area (Å²) in [6, 6.07) is 13.7. The van der Waals surface area contributed by atoms with Crippen molar-refractivity contribution in [3.63, 3.8) is 0 Å². The average molecular weight is 357 g/mol. The molecule has 2 aromatic carbocycles. The zero-order valence-electron chi connectivity index (χ0n) is 12.7. The van der Waals surface area contributed by atoms with Crippen molar-refractivity contribution in [2.75, 3.05) is 25.0 Å². The van der Waals surface area contributed by atoms with Gasteiger partial charge in [0.25, 0.3) is 0 Å². The fourth-order valence-corrected chi connectivity index (χ4v) is 3.58. The summed E-state index contributed by atoms with van der Waals surface area (Å²) < 4.78 is 40.3. The van der Waals surface area contributed by atoms with E-state index in [0.717, 1.165) is 5.69 Å². The number of rotatable bonds is 7. The Kier molecular flexibility index (Phi) is 5.98. The van der Waals surface area contributed by atoms with Gasteiger partial charge in [-0.05, 0) is 24.3 Å². The molecule has 0 heterocycles. The summed E-state index contributed by atoms with van der Waals surface area (Å²) in [4.78, 5) is 1.93. The third-order valence-electron chi connectivity index (χ3n) is 3.36. The summed E-state index contributed by atoms with van der Waals surface area (Å²) >= 11 is 5.86. The van der Waals surface area contributed by atoms with Gasteiger partial charge < -0.3 is 4.90 Å². The first-order valence-electron chi connectivity index (χ1n) is 7.05. The average Bonchev–Trinajstić information content (AvgIpc) is 2.52. The van der Waals surface area contributed by atoms with Crippen LogP contribution in [-0.2, 0) is 15.8 Å². The molecule has 2 rings (SSSR count). The molecule has 1 N–H and O–H groups in total. The lowest BCUT2D eigenvalue weighted by Crippen LogP contribution is -2.33. The molecule has 0 aliphatic rings. The fourth-order valence-electron chi connectivity index (χ4n) is 2.09. The lowest BCUT2D eigenvalue weighted by atomic mass is 10.2. The second kappa shape index (κ2) is 7.77. The molecule has 7 heteroatoms. The van der Waals surface area contributed by atoms with Gasteiger partial charge in [0.1, 0.15) is 5.82 Å². The maximum Gasteiger partial charge on any atom is 0.216 e. The third-order valence-corrected chi connectivity index (χ3v) is 5.03. The van der Waals surface area contributed by atoms with Gasteiger partial charge in [0.2, 0.25) is 10.0 Å². The Morgan fingerprint density at radius 1 is 1.13 bits per heavy atom. The molecule has 0 atom stereocenters. The van der Waals surface area contributed by atoms with Crippen LogP contribution in [0.1, 0.15) is 5.56 Å². The summed E-state index contributed by atoms with van der Waals surface area (Å²) in [5, 5.41) is 0.108. The van der Waals surface area contributed by atoms with Gasteiger partial charge in [0.15, 0.2) is 0 Å². The first kappa shape index (κ1) is 17.7. The van der Waals surface area contributed by atoms with E-state index in [1.54, 1.807) is 0 Å². The fraction of sp³-hybridized carbons (Fsp3) is 0.250. The quantitative estimate of drug-likeness (QED) is 0.829. The van der Waals surface area contributed by atoms with E-state index in [1.807, 2.05) is 42.3 Å². The van der Waals surface area contributed by atoms with Crippen LogP contribution in [0.25, 0.3) is 0 Å². The van der Waals surface area contributed by atoms with Gasteiger partial charge in [0.05, 0.1) is 5.75 Å². The largest absolute Gasteiger partial charge is 0.373 e. The van der Waals surface area contributed by atoms with Crippen LogP contribution in [-0.4, -0.2) is 28.6 Å². The molecule has 4 nitrogen and oxygen atoms in total. The van der Waals surface area contributed by atoms with Gasteiger partial charge in [-0.2, -0.15) is 0 Å². The number of nitrogens with one attached hydrogen (secondary N) is 1. The van der Waals surface area contributed by atoms with Gasteiger partial charge in [0, 0.05) is 36.4 Å². The number of likely N-dealkylation sites (N-methyl/N-ethyl adjacent to an activating group) is 1. The van der Waals surface area contributed by atoms with Gasteiger partial charge >= 0.3 is 0 Å². The summed E-state index contributed by atoms with van der Waals surface area (Å²) in [5.74, 6) is -1.10. The van der Waals surface area contributed by atoms with Crippen LogP contribution in [0.2, 0.25) is 5.02 Å². The highest BCUT2D eigenvalue weighted by Gasteiger charge is 2.17. The number of benzene rings is 2. The number of halogens is 2. The normalized spacial score (nSPS) is 11.4. The molecule has 2 aromatic rings. The van der Waals surface area contributed by atoms with Crippen molar-refractivity contribution in [1.82, 2.24) is 4.72 Å². The van der Waals surface area contributed by atoms with E-state index < -0.39 is 21.6 Å². The van der Waals surface area contributed by atoms with E-state index in [-0.39, 0.29) is 17.1 Å².